The number of carbonyl (C=O) groups excluding carboxylic acids is 3. The van der Waals surface area contributed by atoms with Gasteiger partial charge in [-0.25, -0.2) is 9.69 Å². The molecule has 7 nitrogen and oxygen atoms in total. The Morgan fingerprint density at radius 1 is 0.970 bits per heavy atom. The van der Waals surface area contributed by atoms with Crippen molar-refractivity contribution in [1.82, 2.24) is 0 Å². The van der Waals surface area contributed by atoms with Gasteiger partial charge in [-0.05, 0) is 54.6 Å². The minimum Gasteiger partial charge on any atom is -0.478 e. The van der Waals surface area contributed by atoms with Crippen LogP contribution < -0.4 is 10.2 Å². The van der Waals surface area contributed by atoms with Crippen molar-refractivity contribution in [2.24, 2.45) is 0 Å². The molecule has 1 aliphatic rings. The molecule has 3 aromatic carbocycles. The van der Waals surface area contributed by atoms with Crippen molar-refractivity contribution in [2.45, 2.75) is 16.6 Å². The van der Waals surface area contributed by atoms with Gasteiger partial charge in [-0.15, -0.1) is 11.8 Å². The smallest absolute Gasteiger partial charge is 0.336 e. The Morgan fingerprint density at radius 3 is 2.33 bits per heavy atom. The Bertz CT molecular complexity index is 1260. The summed E-state index contributed by atoms with van der Waals surface area (Å²) in [7, 11) is 0. The van der Waals surface area contributed by atoms with E-state index in [2.05, 4.69) is 5.32 Å². The maximum Gasteiger partial charge on any atom is 0.336 e. The van der Waals surface area contributed by atoms with E-state index in [0.29, 0.717) is 16.4 Å². The molecule has 3 amide bonds. The maximum absolute atomic E-state index is 12.8. The second-order valence-corrected chi connectivity index (χ2v) is 8.90. The van der Waals surface area contributed by atoms with Crippen molar-refractivity contribution < 1.29 is 24.3 Å². The lowest BCUT2D eigenvalue weighted by atomic mass is 10.1. The van der Waals surface area contributed by atoms with Gasteiger partial charge in [0.2, 0.25) is 11.8 Å². The molecule has 33 heavy (non-hydrogen) atoms. The van der Waals surface area contributed by atoms with Crippen LogP contribution >= 0.6 is 23.4 Å². The van der Waals surface area contributed by atoms with Gasteiger partial charge in [0.25, 0.3) is 5.91 Å². The van der Waals surface area contributed by atoms with Crippen LogP contribution in [0.1, 0.15) is 27.1 Å². The zero-order chi connectivity index (χ0) is 23.5. The second-order valence-electron chi connectivity index (χ2n) is 7.19. The molecule has 0 radical (unpaired) electrons. The Hall–Kier alpha value is -3.62. The third-order valence-electron chi connectivity index (χ3n) is 4.96. The van der Waals surface area contributed by atoms with Crippen LogP contribution in [0, 0.1) is 0 Å². The topological polar surface area (TPSA) is 104 Å². The largest absolute Gasteiger partial charge is 0.478 e. The van der Waals surface area contributed by atoms with Crippen LogP contribution in [-0.4, -0.2) is 34.0 Å². The minimum atomic E-state index is -1.19. The lowest BCUT2D eigenvalue weighted by Crippen LogP contribution is -2.31. The highest BCUT2D eigenvalue weighted by molar-refractivity contribution is 8.00. The molecule has 0 aromatic heterocycles. The molecule has 0 bridgehead atoms. The van der Waals surface area contributed by atoms with Gasteiger partial charge >= 0.3 is 5.97 Å². The van der Waals surface area contributed by atoms with Crippen LogP contribution in [-0.2, 0) is 9.59 Å². The van der Waals surface area contributed by atoms with Crippen molar-refractivity contribution in [2.75, 3.05) is 10.2 Å². The van der Waals surface area contributed by atoms with E-state index in [1.165, 1.54) is 23.9 Å². The van der Waals surface area contributed by atoms with E-state index in [0.717, 1.165) is 9.80 Å². The van der Waals surface area contributed by atoms with Gasteiger partial charge in [-0.2, -0.15) is 0 Å². The van der Waals surface area contributed by atoms with Crippen molar-refractivity contribution in [3.05, 3.63) is 88.9 Å². The number of anilines is 2. The maximum atomic E-state index is 12.8. The summed E-state index contributed by atoms with van der Waals surface area (Å²) < 4.78 is 0. The molecule has 4 rings (SSSR count). The molecule has 1 fully saturated rings. The minimum absolute atomic E-state index is 0.0552. The Morgan fingerprint density at radius 2 is 1.67 bits per heavy atom. The zero-order valence-corrected chi connectivity index (χ0v) is 18.6. The van der Waals surface area contributed by atoms with Gasteiger partial charge in [0, 0.05) is 22.0 Å². The van der Waals surface area contributed by atoms with E-state index in [4.69, 9.17) is 11.6 Å². The Balaban J connectivity index is 1.43. The van der Waals surface area contributed by atoms with Crippen LogP contribution in [0.25, 0.3) is 0 Å². The Labute approximate surface area is 198 Å². The van der Waals surface area contributed by atoms with Gasteiger partial charge in [-0.1, -0.05) is 29.8 Å². The standard InChI is InChI=1S/C24H17ClN2O5S/c25-14-4-3-5-16(12-14)27-21(28)13-20(23(27)30)33-17-10-8-15(9-11-17)26-22(29)18-6-1-2-7-19(18)24(31)32/h1-12,20H,13H2,(H,26,29)(H,31,32)/t20-/m1/s1. The number of benzene rings is 3. The number of halogens is 1. The van der Waals surface area contributed by atoms with Crippen molar-refractivity contribution >= 4 is 58.4 Å². The fourth-order valence-electron chi connectivity index (χ4n) is 3.43. The van der Waals surface area contributed by atoms with Crippen molar-refractivity contribution in [1.29, 1.82) is 0 Å². The number of hydrogen-bond donors (Lipinski definition) is 2. The summed E-state index contributed by atoms with van der Waals surface area (Å²) in [6, 6.07) is 19.3. The van der Waals surface area contributed by atoms with E-state index in [1.807, 2.05) is 0 Å². The average molecular weight is 481 g/mol. The highest BCUT2D eigenvalue weighted by Gasteiger charge is 2.40. The first kappa shape index (κ1) is 22.6. The van der Waals surface area contributed by atoms with Gasteiger partial charge in [0.1, 0.15) is 0 Å². The van der Waals surface area contributed by atoms with Crippen LogP contribution in [0.2, 0.25) is 5.02 Å². The number of nitrogens with one attached hydrogen (secondary N) is 1. The van der Waals surface area contributed by atoms with E-state index in [-0.39, 0.29) is 29.4 Å². The summed E-state index contributed by atoms with van der Waals surface area (Å²) in [4.78, 5) is 51.0. The number of imide groups is 1. The van der Waals surface area contributed by atoms with Crippen molar-refractivity contribution in [3.63, 3.8) is 0 Å². The first-order chi connectivity index (χ1) is 15.8. The molecule has 1 saturated heterocycles. The molecule has 0 aliphatic carbocycles. The highest BCUT2D eigenvalue weighted by Crippen LogP contribution is 2.35. The van der Waals surface area contributed by atoms with Crippen LogP contribution in [0.5, 0.6) is 0 Å². The summed E-state index contributed by atoms with van der Waals surface area (Å²) in [5.74, 6) is -2.33. The summed E-state index contributed by atoms with van der Waals surface area (Å²) >= 11 is 7.25. The first-order valence-electron chi connectivity index (χ1n) is 9.86. The fourth-order valence-corrected chi connectivity index (χ4v) is 4.67. The quantitative estimate of drug-likeness (QED) is 0.495. The van der Waals surface area contributed by atoms with Crippen LogP contribution in [0.15, 0.2) is 77.7 Å². The molecule has 1 heterocycles. The summed E-state index contributed by atoms with van der Waals surface area (Å²) in [6.45, 7) is 0. The van der Waals surface area contributed by atoms with E-state index in [9.17, 15) is 24.3 Å². The normalized spacial score (nSPS) is 15.5. The summed E-state index contributed by atoms with van der Waals surface area (Å²) in [6.07, 6.45) is 0.0699. The number of amides is 3. The molecule has 0 saturated carbocycles. The average Bonchev–Trinajstić information content (AvgIpc) is 3.07. The number of nitrogens with zero attached hydrogens (tertiary/aromatic N) is 1. The lowest BCUT2D eigenvalue weighted by molar-refractivity contribution is -0.121. The fraction of sp³-hybridized carbons (Fsp3) is 0.0833. The molecule has 1 aliphatic heterocycles. The number of carboxylic acid groups (broad SMARTS) is 1. The number of carbonyl (C=O) groups is 4. The predicted octanol–water partition coefficient (Wildman–Crippen LogP) is 4.71. The van der Waals surface area contributed by atoms with Crippen molar-refractivity contribution in [3.8, 4) is 0 Å². The van der Waals surface area contributed by atoms with E-state index >= 15 is 0 Å². The third-order valence-corrected chi connectivity index (χ3v) is 6.40. The van der Waals surface area contributed by atoms with Gasteiger partial charge in [0.15, 0.2) is 0 Å². The third kappa shape index (κ3) is 4.92. The molecular weight excluding hydrogens is 464 g/mol. The van der Waals surface area contributed by atoms with Crippen LogP contribution in [0.4, 0.5) is 11.4 Å². The number of hydrogen-bond acceptors (Lipinski definition) is 5. The molecule has 166 valence electrons. The van der Waals surface area contributed by atoms with Gasteiger partial charge < -0.3 is 10.4 Å². The number of thioether (sulfide) groups is 1. The monoisotopic (exact) mass is 480 g/mol. The predicted molar refractivity (Wildman–Crippen MR) is 126 cm³/mol. The van der Waals surface area contributed by atoms with Gasteiger partial charge in [0.05, 0.1) is 22.1 Å². The van der Waals surface area contributed by atoms with Crippen LogP contribution in [0.3, 0.4) is 0 Å². The SMILES string of the molecule is O=C(O)c1ccccc1C(=O)Nc1ccc(S[C@@H]2CC(=O)N(c3cccc(Cl)c3)C2=O)cc1. The lowest BCUT2D eigenvalue weighted by Gasteiger charge is -2.15. The molecule has 0 spiro atoms. The highest BCUT2D eigenvalue weighted by atomic mass is 35.5. The van der Waals surface area contributed by atoms with E-state index in [1.54, 1.807) is 60.7 Å². The molecular formula is C24H17ClN2O5S. The zero-order valence-electron chi connectivity index (χ0n) is 17.0. The number of rotatable bonds is 6. The first-order valence-corrected chi connectivity index (χ1v) is 11.1. The molecule has 0 unspecified atom stereocenters. The molecule has 3 aromatic rings. The summed E-state index contributed by atoms with van der Waals surface area (Å²) in [5, 5.41) is 11.8. The molecule has 2 N–H and O–H groups in total. The second kappa shape index (κ2) is 9.48. The molecule has 1 atom stereocenters. The summed E-state index contributed by atoms with van der Waals surface area (Å²) in [5.41, 5.74) is 0.884. The molecule has 9 heteroatoms. The number of carboxylic acids is 1. The Kier molecular flexibility index (Phi) is 6.48. The van der Waals surface area contributed by atoms with E-state index < -0.39 is 17.1 Å². The van der Waals surface area contributed by atoms with Gasteiger partial charge in [-0.3, -0.25) is 14.4 Å². The number of aromatic carboxylic acids is 1.